The van der Waals surface area contributed by atoms with Crippen molar-refractivity contribution < 1.29 is 28.2 Å². The lowest BCUT2D eigenvalue weighted by Crippen LogP contribution is -2.28. The van der Waals surface area contributed by atoms with Gasteiger partial charge in [0.05, 0.1) is 18.7 Å². The van der Waals surface area contributed by atoms with Gasteiger partial charge >= 0.3 is 5.97 Å². The number of carbonyl (C=O) groups excluding carboxylic acids is 3. The summed E-state index contributed by atoms with van der Waals surface area (Å²) in [7, 11) is 1.55. The summed E-state index contributed by atoms with van der Waals surface area (Å²) in [5, 5.41) is 2.33. The summed E-state index contributed by atoms with van der Waals surface area (Å²) in [4.78, 5) is 37.8. The van der Waals surface area contributed by atoms with Gasteiger partial charge in [-0.05, 0) is 36.4 Å². The van der Waals surface area contributed by atoms with Crippen molar-refractivity contribution in [1.29, 1.82) is 0 Å². The minimum Gasteiger partial charge on any atom is -0.497 e. The number of nitrogens with one attached hydrogen (secondary N) is 1. The molecule has 1 saturated heterocycles. The van der Waals surface area contributed by atoms with Crippen LogP contribution in [0.25, 0.3) is 0 Å². The Hall–Kier alpha value is -3.42. The predicted molar refractivity (Wildman–Crippen MR) is 99.4 cm³/mol. The number of ether oxygens (including phenoxy) is 2. The Balaban J connectivity index is 1.52. The highest BCUT2D eigenvalue weighted by Crippen LogP contribution is 2.27. The Morgan fingerprint density at radius 2 is 1.89 bits per heavy atom. The van der Waals surface area contributed by atoms with E-state index in [4.69, 9.17) is 9.47 Å². The summed E-state index contributed by atoms with van der Waals surface area (Å²) in [6, 6.07) is 12.6. The molecular formula is C20H19FN2O5. The van der Waals surface area contributed by atoms with Crippen LogP contribution in [0.3, 0.4) is 0 Å². The molecule has 0 aromatic heterocycles. The van der Waals surface area contributed by atoms with Gasteiger partial charge < -0.3 is 19.7 Å². The maximum atomic E-state index is 13.5. The summed E-state index contributed by atoms with van der Waals surface area (Å²) >= 11 is 0. The highest BCUT2D eigenvalue weighted by atomic mass is 19.1. The van der Waals surface area contributed by atoms with Crippen LogP contribution < -0.4 is 15.0 Å². The number of halogens is 1. The summed E-state index contributed by atoms with van der Waals surface area (Å²) in [5.74, 6) is -2.10. The number of para-hydroxylation sites is 1. The molecule has 1 heterocycles. The molecule has 2 aromatic rings. The summed E-state index contributed by atoms with van der Waals surface area (Å²) in [6.07, 6.45) is -0.000203. The zero-order valence-electron chi connectivity index (χ0n) is 15.2. The van der Waals surface area contributed by atoms with Crippen molar-refractivity contribution >= 4 is 29.2 Å². The molecule has 0 bridgehead atoms. The van der Waals surface area contributed by atoms with Crippen LogP contribution in [0.2, 0.25) is 0 Å². The smallest absolute Gasteiger partial charge is 0.311 e. The van der Waals surface area contributed by atoms with E-state index in [0.717, 1.165) is 0 Å². The highest BCUT2D eigenvalue weighted by Gasteiger charge is 2.36. The third-order valence-corrected chi connectivity index (χ3v) is 4.34. The van der Waals surface area contributed by atoms with E-state index < -0.39 is 30.2 Å². The van der Waals surface area contributed by atoms with Gasteiger partial charge in [0, 0.05) is 18.7 Å². The fourth-order valence-corrected chi connectivity index (χ4v) is 2.88. The van der Waals surface area contributed by atoms with Crippen LogP contribution in [0.5, 0.6) is 5.75 Å². The van der Waals surface area contributed by atoms with Crippen molar-refractivity contribution in [3.8, 4) is 5.75 Å². The Labute approximate surface area is 161 Å². The number of benzene rings is 2. The number of amides is 2. The van der Waals surface area contributed by atoms with Gasteiger partial charge in [-0.25, -0.2) is 4.39 Å². The summed E-state index contributed by atoms with van der Waals surface area (Å²) < 4.78 is 23.6. The fraction of sp³-hybridized carbons (Fsp3) is 0.250. The molecule has 3 rings (SSSR count). The van der Waals surface area contributed by atoms with Gasteiger partial charge in [0.1, 0.15) is 11.6 Å². The van der Waals surface area contributed by atoms with Crippen molar-refractivity contribution in [2.45, 2.75) is 6.42 Å². The Morgan fingerprint density at radius 3 is 2.57 bits per heavy atom. The molecule has 0 saturated carbocycles. The number of esters is 1. The molecule has 1 aliphatic heterocycles. The first kappa shape index (κ1) is 19.3. The van der Waals surface area contributed by atoms with E-state index in [2.05, 4.69) is 5.32 Å². The van der Waals surface area contributed by atoms with Gasteiger partial charge in [-0.2, -0.15) is 0 Å². The number of hydrogen-bond acceptors (Lipinski definition) is 5. The largest absolute Gasteiger partial charge is 0.497 e. The zero-order chi connectivity index (χ0) is 20.1. The van der Waals surface area contributed by atoms with Crippen LogP contribution >= 0.6 is 0 Å². The van der Waals surface area contributed by atoms with Gasteiger partial charge in [0.15, 0.2) is 6.61 Å². The molecule has 0 spiro atoms. The second-order valence-electron chi connectivity index (χ2n) is 6.24. The van der Waals surface area contributed by atoms with Gasteiger partial charge in [-0.1, -0.05) is 12.1 Å². The minimum atomic E-state index is -0.670. The van der Waals surface area contributed by atoms with Crippen molar-refractivity contribution in [3.05, 3.63) is 54.3 Å². The molecule has 1 aliphatic rings. The molecule has 7 nitrogen and oxygen atoms in total. The van der Waals surface area contributed by atoms with Crippen molar-refractivity contribution in [2.24, 2.45) is 5.92 Å². The van der Waals surface area contributed by atoms with E-state index in [-0.39, 0.29) is 24.6 Å². The first-order valence-corrected chi connectivity index (χ1v) is 8.63. The maximum Gasteiger partial charge on any atom is 0.311 e. The molecule has 0 unspecified atom stereocenters. The van der Waals surface area contributed by atoms with E-state index in [1.54, 1.807) is 37.4 Å². The first-order valence-electron chi connectivity index (χ1n) is 8.63. The van der Waals surface area contributed by atoms with E-state index in [9.17, 15) is 18.8 Å². The molecular weight excluding hydrogens is 367 g/mol. The number of nitrogens with zero attached hydrogens (tertiary/aromatic N) is 1. The molecule has 1 fully saturated rings. The first-order chi connectivity index (χ1) is 13.5. The second-order valence-corrected chi connectivity index (χ2v) is 6.24. The normalized spacial score (nSPS) is 16.0. The molecule has 146 valence electrons. The van der Waals surface area contributed by atoms with Gasteiger partial charge in [0.25, 0.3) is 5.91 Å². The molecule has 1 N–H and O–H groups in total. The lowest BCUT2D eigenvalue weighted by atomic mass is 10.1. The van der Waals surface area contributed by atoms with Crippen LogP contribution in [-0.4, -0.2) is 38.0 Å². The molecule has 28 heavy (non-hydrogen) atoms. The SMILES string of the molecule is COc1ccc(N2C[C@H](C(=O)OCC(=O)Nc3ccccc3F)CC2=O)cc1. The topological polar surface area (TPSA) is 84.9 Å². The van der Waals surface area contributed by atoms with E-state index >= 15 is 0 Å². The quantitative estimate of drug-likeness (QED) is 0.771. The zero-order valence-corrected chi connectivity index (χ0v) is 15.2. The third kappa shape index (κ3) is 4.46. The van der Waals surface area contributed by atoms with Gasteiger partial charge in [-0.3, -0.25) is 14.4 Å². The molecule has 0 aliphatic carbocycles. The minimum absolute atomic E-state index is 0.000203. The lowest BCUT2D eigenvalue weighted by molar-refractivity contribution is -0.151. The van der Waals surface area contributed by atoms with Crippen LogP contribution in [0, 0.1) is 11.7 Å². The number of anilines is 2. The molecule has 0 radical (unpaired) electrons. The van der Waals surface area contributed by atoms with Gasteiger partial charge in [-0.15, -0.1) is 0 Å². The van der Waals surface area contributed by atoms with E-state index in [0.29, 0.717) is 11.4 Å². The number of rotatable bonds is 6. The average molecular weight is 386 g/mol. The number of carbonyl (C=O) groups is 3. The highest BCUT2D eigenvalue weighted by molar-refractivity contribution is 6.00. The molecule has 2 aromatic carbocycles. The fourth-order valence-electron chi connectivity index (χ4n) is 2.88. The van der Waals surface area contributed by atoms with Crippen molar-refractivity contribution in [2.75, 3.05) is 30.5 Å². The molecule has 2 amide bonds. The third-order valence-electron chi connectivity index (χ3n) is 4.34. The van der Waals surface area contributed by atoms with Crippen molar-refractivity contribution in [3.63, 3.8) is 0 Å². The molecule has 8 heteroatoms. The number of hydrogen-bond donors (Lipinski definition) is 1. The Morgan fingerprint density at radius 1 is 1.18 bits per heavy atom. The van der Waals surface area contributed by atoms with Gasteiger partial charge in [0.2, 0.25) is 5.91 Å². The summed E-state index contributed by atoms with van der Waals surface area (Å²) in [6.45, 7) is -0.390. The second kappa shape index (κ2) is 8.51. The van der Waals surface area contributed by atoms with Crippen LogP contribution in [0.4, 0.5) is 15.8 Å². The Kier molecular flexibility index (Phi) is 5.88. The van der Waals surface area contributed by atoms with Crippen LogP contribution in [-0.2, 0) is 19.1 Å². The lowest BCUT2D eigenvalue weighted by Gasteiger charge is -2.16. The Bertz CT molecular complexity index is 884. The van der Waals surface area contributed by atoms with Crippen LogP contribution in [0.15, 0.2) is 48.5 Å². The average Bonchev–Trinajstić information content (AvgIpc) is 3.10. The van der Waals surface area contributed by atoms with Crippen LogP contribution in [0.1, 0.15) is 6.42 Å². The summed E-state index contributed by atoms with van der Waals surface area (Å²) in [5.41, 5.74) is 0.656. The van der Waals surface area contributed by atoms with E-state index in [1.165, 1.54) is 23.1 Å². The standard InChI is InChI=1S/C20H19FN2O5/c1-27-15-8-6-14(7-9-15)23-11-13(10-19(23)25)20(26)28-12-18(24)22-17-5-3-2-4-16(17)21/h2-9,13H,10-12H2,1H3,(H,22,24)/t13-/m1/s1. The predicted octanol–water partition coefficient (Wildman–Crippen LogP) is 2.37. The maximum absolute atomic E-state index is 13.5. The van der Waals surface area contributed by atoms with E-state index in [1.807, 2.05) is 0 Å². The number of methoxy groups -OCH3 is 1. The monoisotopic (exact) mass is 386 g/mol. The van der Waals surface area contributed by atoms with Crippen molar-refractivity contribution in [1.82, 2.24) is 0 Å². The molecule has 1 atom stereocenters.